The molecule has 4 N–H and O–H groups in total. The number of likely N-dealkylation sites (tertiary alicyclic amines) is 1. The fraction of sp³-hybridized carbons (Fsp3) is 0.300. The van der Waals surface area contributed by atoms with E-state index in [0.717, 1.165) is 60.6 Å². The number of nitrogens with one attached hydrogen (secondary N) is 3. The first-order valence-electron chi connectivity index (χ1n) is 13.6. The summed E-state index contributed by atoms with van der Waals surface area (Å²) in [6.07, 6.45) is 6.91. The molecular formula is C30H32N6O4. The third-order valence-corrected chi connectivity index (χ3v) is 7.54. The predicted octanol–water partition coefficient (Wildman–Crippen LogP) is 4.39. The van der Waals surface area contributed by atoms with Crippen molar-refractivity contribution in [2.24, 2.45) is 0 Å². The van der Waals surface area contributed by atoms with Crippen molar-refractivity contribution in [3.63, 3.8) is 0 Å². The van der Waals surface area contributed by atoms with Gasteiger partial charge < -0.3 is 25.2 Å². The van der Waals surface area contributed by atoms with Crippen molar-refractivity contribution in [1.29, 1.82) is 0 Å². The number of amides is 2. The van der Waals surface area contributed by atoms with E-state index in [2.05, 4.69) is 26.1 Å². The molecule has 0 radical (unpaired) electrons. The first kappa shape index (κ1) is 25.8. The largest absolute Gasteiger partial charge is 0.393 e. The molecule has 1 aliphatic carbocycles. The van der Waals surface area contributed by atoms with Crippen LogP contribution in [-0.4, -0.2) is 46.2 Å². The zero-order chi connectivity index (χ0) is 27.6. The maximum absolute atomic E-state index is 13.0. The Morgan fingerprint density at radius 1 is 0.975 bits per heavy atom. The molecular weight excluding hydrogens is 508 g/mol. The van der Waals surface area contributed by atoms with E-state index in [1.165, 1.54) is 5.70 Å². The summed E-state index contributed by atoms with van der Waals surface area (Å²) in [5.74, 6) is 0.174. The molecule has 0 atom stereocenters. The number of hydrogen-bond donors (Lipinski definition) is 4. The molecule has 3 heterocycles. The van der Waals surface area contributed by atoms with Crippen LogP contribution < -0.4 is 21.1 Å². The molecule has 10 heteroatoms. The summed E-state index contributed by atoms with van der Waals surface area (Å²) >= 11 is 0. The van der Waals surface area contributed by atoms with Gasteiger partial charge in [0.1, 0.15) is 5.76 Å². The fourth-order valence-corrected chi connectivity index (χ4v) is 5.31. The third kappa shape index (κ3) is 5.49. The van der Waals surface area contributed by atoms with E-state index < -0.39 is 0 Å². The lowest BCUT2D eigenvalue weighted by molar-refractivity contribution is -0.113. The number of carbonyl (C=O) groups is 2. The quantitative estimate of drug-likeness (QED) is 0.363. The summed E-state index contributed by atoms with van der Waals surface area (Å²) in [6, 6.07) is 15.0. The molecule has 0 unspecified atom stereocenters. The van der Waals surface area contributed by atoms with Crippen molar-refractivity contribution in [2.45, 2.75) is 45.3 Å². The van der Waals surface area contributed by atoms with E-state index in [1.54, 1.807) is 13.0 Å². The maximum atomic E-state index is 13.0. The number of aromatic nitrogens is 1. The molecule has 2 aromatic carbocycles. The Hall–Kier alpha value is -4.41. The second kappa shape index (κ2) is 11.0. The Morgan fingerprint density at radius 2 is 1.73 bits per heavy atom. The molecule has 2 aliphatic heterocycles. The van der Waals surface area contributed by atoms with Crippen LogP contribution in [0.25, 0.3) is 0 Å². The molecule has 1 aromatic heterocycles. The molecule has 3 aromatic rings. The number of carbonyl (C=O) groups excluding carboxylic acids is 2. The van der Waals surface area contributed by atoms with Crippen LogP contribution in [0.15, 0.2) is 76.5 Å². The highest BCUT2D eigenvalue weighted by molar-refractivity contribution is 6.04. The Balaban J connectivity index is 1.07. The number of aliphatic hydroxyl groups is 1. The number of allylic oxidation sites excluding steroid dienone is 3. The van der Waals surface area contributed by atoms with Crippen LogP contribution in [-0.2, 0) is 11.3 Å². The van der Waals surface area contributed by atoms with Crippen molar-refractivity contribution < 1.29 is 19.2 Å². The van der Waals surface area contributed by atoms with E-state index in [4.69, 9.17) is 4.52 Å². The van der Waals surface area contributed by atoms with Crippen LogP contribution in [0.5, 0.6) is 0 Å². The smallest absolute Gasteiger partial charge is 0.277 e. The molecule has 0 saturated carbocycles. The molecule has 0 spiro atoms. The number of rotatable bonds is 6. The molecule has 40 heavy (non-hydrogen) atoms. The third-order valence-electron chi connectivity index (χ3n) is 7.54. The van der Waals surface area contributed by atoms with Crippen LogP contribution in [0, 0.1) is 6.92 Å². The molecule has 10 nitrogen and oxygen atoms in total. The predicted molar refractivity (Wildman–Crippen MR) is 152 cm³/mol. The van der Waals surface area contributed by atoms with Crippen LogP contribution in [0.3, 0.4) is 0 Å². The number of benzene rings is 2. The zero-order valence-corrected chi connectivity index (χ0v) is 22.3. The number of anilines is 4. The van der Waals surface area contributed by atoms with Crippen molar-refractivity contribution >= 4 is 34.6 Å². The second-order valence-corrected chi connectivity index (χ2v) is 10.4. The summed E-state index contributed by atoms with van der Waals surface area (Å²) in [5.41, 5.74) is 10.0. The van der Waals surface area contributed by atoms with Crippen molar-refractivity contribution in [1.82, 2.24) is 15.5 Å². The maximum Gasteiger partial charge on any atom is 0.277 e. The molecule has 6 rings (SSSR count). The van der Waals surface area contributed by atoms with Gasteiger partial charge in [0.25, 0.3) is 11.8 Å². The van der Waals surface area contributed by atoms with Crippen LogP contribution in [0.1, 0.15) is 47.5 Å². The lowest BCUT2D eigenvalue weighted by Crippen LogP contribution is -2.35. The van der Waals surface area contributed by atoms with Gasteiger partial charge in [-0.15, -0.1) is 0 Å². The van der Waals surface area contributed by atoms with E-state index in [9.17, 15) is 14.7 Å². The lowest BCUT2D eigenvalue weighted by atomic mass is 9.99. The summed E-state index contributed by atoms with van der Waals surface area (Å²) < 4.78 is 4.97. The number of fused-ring (bicyclic) bond motifs is 1. The number of piperidine rings is 1. The van der Waals surface area contributed by atoms with Crippen LogP contribution in [0.2, 0.25) is 0 Å². The summed E-state index contributed by atoms with van der Waals surface area (Å²) in [6.45, 7) is 4.10. The van der Waals surface area contributed by atoms with Crippen molar-refractivity contribution in [3.8, 4) is 0 Å². The normalized spacial score (nSPS) is 17.2. The first-order valence-corrected chi connectivity index (χ1v) is 13.6. The zero-order valence-electron chi connectivity index (χ0n) is 22.3. The highest BCUT2D eigenvalue weighted by atomic mass is 16.5. The number of aryl methyl sites for hydroxylation is 1. The van der Waals surface area contributed by atoms with Gasteiger partial charge in [0.2, 0.25) is 0 Å². The highest BCUT2D eigenvalue weighted by Crippen LogP contribution is 2.34. The van der Waals surface area contributed by atoms with Gasteiger partial charge in [0.05, 0.1) is 17.5 Å². The molecule has 206 valence electrons. The SMILES string of the molecule is Cc1cc(C(=O)Nc2ccc(N3NCc4cc(NC(=O)C5=CC=C(N6CCC(O)CC6)CC5)ccc43)cc2)no1. The van der Waals surface area contributed by atoms with Gasteiger partial charge in [-0.3, -0.25) is 14.6 Å². The van der Waals surface area contributed by atoms with Gasteiger partial charge in [0.15, 0.2) is 5.69 Å². The standard InChI is InChI=1S/C30H32N6O4/c1-19-16-27(34-40-19)30(39)32-22-4-9-25(10-5-22)36-28-11-6-23(17-21(28)18-31-36)33-29(38)20-2-7-24(8-3-20)35-14-12-26(37)13-15-35/h2,4-7,9-11,16-17,26,31,37H,3,8,12-15,18H2,1H3,(H,32,39)(H,33,38). The van der Waals surface area contributed by atoms with Gasteiger partial charge in [0, 0.05) is 48.3 Å². The van der Waals surface area contributed by atoms with Gasteiger partial charge >= 0.3 is 0 Å². The average molecular weight is 541 g/mol. The number of aliphatic hydroxyl groups excluding tert-OH is 1. The molecule has 0 bridgehead atoms. The van der Waals surface area contributed by atoms with Crippen molar-refractivity contribution in [2.75, 3.05) is 28.7 Å². The number of hydrogen-bond acceptors (Lipinski definition) is 8. The van der Waals surface area contributed by atoms with Gasteiger partial charge in [-0.2, -0.15) is 0 Å². The van der Waals surface area contributed by atoms with E-state index >= 15 is 0 Å². The number of nitrogens with zero attached hydrogens (tertiary/aromatic N) is 3. The molecule has 2 amide bonds. The minimum Gasteiger partial charge on any atom is -0.393 e. The van der Waals surface area contributed by atoms with Gasteiger partial charge in [-0.1, -0.05) is 11.2 Å². The van der Waals surface area contributed by atoms with Crippen LogP contribution >= 0.6 is 0 Å². The first-order chi connectivity index (χ1) is 19.4. The second-order valence-electron chi connectivity index (χ2n) is 10.4. The monoisotopic (exact) mass is 540 g/mol. The summed E-state index contributed by atoms with van der Waals surface area (Å²) in [7, 11) is 0. The summed E-state index contributed by atoms with van der Waals surface area (Å²) in [4.78, 5) is 27.6. The molecule has 1 fully saturated rings. The number of hydrazine groups is 1. The Labute approximate surface area is 232 Å². The van der Waals surface area contributed by atoms with Crippen LogP contribution in [0.4, 0.5) is 22.7 Å². The topological polar surface area (TPSA) is 123 Å². The minimum absolute atomic E-state index is 0.0782. The highest BCUT2D eigenvalue weighted by Gasteiger charge is 2.23. The fourth-order valence-electron chi connectivity index (χ4n) is 5.31. The van der Waals surface area contributed by atoms with Gasteiger partial charge in [-0.25, -0.2) is 5.43 Å². The Kier molecular flexibility index (Phi) is 7.10. The minimum atomic E-state index is -0.327. The summed E-state index contributed by atoms with van der Waals surface area (Å²) in [5, 5.41) is 21.4. The average Bonchev–Trinajstić information content (AvgIpc) is 3.60. The van der Waals surface area contributed by atoms with E-state index in [1.807, 2.05) is 59.6 Å². The Morgan fingerprint density at radius 3 is 2.42 bits per heavy atom. The van der Waals surface area contributed by atoms with Crippen molar-refractivity contribution in [3.05, 3.63) is 89.0 Å². The van der Waals surface area contributed by atoms with Gasteiger partial charge in [-0.05, 0) is 86.7 Å². The van der Waals surface area contributed by atoms with E-state index in [-0.39, 0.29) is 23.6 Å². The molecule has 3 aliphatic rings. The molecule has 1 saturated heterocycles. The Bertz CT molecular complexity index is 1480. The lowest BCUT2D eigenvalue weighted by Gasteiger charge is -2.34. The van der Waals surface area contributed by atoms with E-state index in [0.29, 0.717) is 24.4 Å².